The maximum absolute atomic E-state index is 13.0. The highest BCUT2D eigenvalue weighted by Gasteiger charge is 2.46. The smallest absolute Gasteiger partial charge is 0.288 e. The van der Waals surface area contributed by atoms with Gasteiger partial charge in [-0.2, -0.15) is 8.78 Å². The Labute approximate surface area is 196 Å². The Hall–Kier alpha value is -2.99. The van der Waals surface area contributed by atoms with E-state index in [1.165, 1.54) is 36.0 Å². The zero-order valence-corrected chi connectivity index (χ0v) is 18.7. The van der Waals surface area contributed by atoms with Gasteiger partial charge in [0, 0.05) is 35.2 Å². The Morgan fingerprint density at radius 1 is 1.27 bits per heavy atom. The van der Waals surface area contributed by atoms with Crippen LogP contribution in [0.5, 0.6) is 0 Å². The maximum atomic E-state index is 13.0. The molecule has 1 saturated heterocycles. The Kier molecular flexibility index (Phi) is 6.94. The fraction of sp³-hybridized carbons (Fsp3) is 0.286. The number of carbonyl (C=O) groups is 2. The number of nitro benzene ring substituents is 1. The SMILES string of the molecule is O=C(C[C@H]1SC(=Nc2ccc(SC(F)F)cc2)N(C2CC2)C1=O)Nc1cccc([N+](=O)[O-])c1. The number of alkyl halides is 2. The molecule has 0 aromatic heterocycles. The number of nitrogens with one attached hydrogen (secondary N) is 1. The first kappa shape index (κ1) is 23.2. The van der Waals surface area contributed by atoms with E-state index in [0.29, 0.717) is 27.5 Å². The minimum atomic E-state index is -2.51. The van der Waals surface area contributed by atoms with Crippen molar-refractivity contribution in [2.75, 3.05) is 5.32 Å². The summed E-state index contributed by atoms with van der Waals surface area (Å²) < 4.78 is 25.0. The molecule has 2 aromatic rings. The lowest BCUT2D eigenvalue weighted by Crippen LogP contribution is -2.35. The highest BCUT2D eigenvalue weighted by Crippen LogP contribution is 2.39. The van der Waals surface area contributed by atoms with Gasteiger partial charge in [0.05, 0.1) is 10.6 Å². The second kappa shape index (κ2) is 9.87. The fourth-order valence-corrected chi connectivity index (χ4v) is 4.97. The quantitative estimate of drug-likeness (QED) is 0.315. The van der Waals surface area contributed by atoms with Gasteiger partial charge in [0.25, 0.3) is 11.4 Å². The van der Waals surface area contributed by atoms with Gasteiger partial charge in [0.2, 0.25) is 11.8 Å². The molecule has 1 aliphatic carbocycles. The zero-order valence-electron chi connectivity index (χ0n) is 17.0. The zero-order chi connectivity index (χ0) is 23.5. The first-order valence-corrected chi connectivity index (χ1v) is 11.7. The van der Waals surface area contributed by atoms with Crippen LogP contribution in [0.15, 0.2) is 58.4 Å². The van der Waals surface area contributed by atoms with Crippen LogP contribution in [0, 0.1) is 10.1 Å². The van der Waals surface area contributed by atoms with Crippen LogP contribution in [0.2, 0.25) is 0 Å². The Morgan fingerprint density at radius 2 is 2.00 bits per heavy atom. The molecule has 33 heavy (non-hydrogen) atoms. The molecule has 2 amide bonds. The van der Waals surface area contributed by atoms with Crippen LogP contribution in [-0.2, 0) is 9.59 Å². The van der Waals surface area contributed by atoms with E-state index in [0.717, 1.165) is 12.8 Å². The van der Waals surface area contributed by atoms with E-state index in [9.17, 15) is 28.5 Å². The number of rotatable bonds is 8. The van der Waals surface area contributed by atoms with E-state index >= 15 is 0 Å². The number of hydrogen-bond donors (Lipinski definition) is 1. The topological polar surface area (TPSA) is 105 Å². The van der Waals surface area contributed by atoms with Crippen LogP contribution in [0.3, 0.4) is 0 Å². The van der Waals surface area contributed by atoms with E-state index in [4.69, 9.17) is 0 Å². The van der Waals surface area contributed by atoms with Gasteiger partial charge in [-0.15, -0.1) is 0 Å². The Balaban J connectivity index is 1.45. The van der Waals surface area contributed by atoms with Crippen molar-refractivity contribution < 1.29 is 23.3 Å². The fourth-order valence-electron chi connectivity index (χ4n) is 3.25. The number of hydrogen-bond acceptors (Lipinski definition) is 7. The summed E-state index contributed by atoms with van der Waals surface area (Å²) in [5.41, 5.74) is 0.655. The third kappa shape index (κ3) is 5.88. The van der Waals surface area contributed by atoms with Gasteiger partial charge in [-0.05, 0) is 43.2 Å². The molecule has 2 fully saturated rings. The third-order valence-electron chi connectivity index (χ3n) is 4.88. The highest BCUT2D eigenvalue weighted by molar-refractivity contribution is 8.15. The van der Waals surface area contributed by atoms with Gasteiger partial charge in [-0.25, -0.2) is 4.99 Å². The van der Waals surface area contributed by atoms with Crippen LogP contribution in [0.25, 0.3) is 0 Å². The number of non-ortho nitro benzene ring substituents is 1. The van der Waals surface area contributed by atoms with Crippen molar-refractivity contribution in [3.63, 3.8) is 0 Å². The number of nitro groups is 1. The molecule has 1 aliphatic heterocycles. The number of carbonyl (C=O) groups excluding carboxylic acids is 2. The van der Waals surface area contributed by atoms with Crippen molar-refractivity contribution in [1.82, 2.24) is 4.90 Å². The minimum Gasteiger partial charge on any atom is -0.326 e. The molecular weight excluding hydrogens is 474 g/mol. The molecule has 1 N–H and O–H groups in total. The molecule has 172 valence electrons. The second-order valence-corrected chi connectivity index (χ2v) is 9.61. The number of amides is 2. The summed E-state index contributed by atoms with van der Waals surface area (Å²) in [6, 6.07) is 11.9. The molecule has 0 bridgehead atoms. The number of thioether (sulfide) groups is 2. The van der Waals surface area contributed by atoms with Crippen LogP contribution in [0.4, 0.5) is 25.8 Å². The van der Waals surface area contributed by atoms with E-state index in [2.05, 4.69) is 10.3 Å². The summed E-state index contributed by atoms with van der Waals surface area (Å²) in [7, 11) is 0. The molecule has 1 atom stereocenters. The maximum Gasteiger partial charge on any atom is 0.288 e. The minimum absolute atomic E-state index is 0.0437. The second-order valence-electron chi connectivity index (χ2n) is 7.37. The van der Waals surface area contributed by atoms with Gasteiger partial charge in [-0.1, -0.05) is 29.6 Å². The molecule has 1 saturated carbocycles. The van der Waals surface area contributed by atoms with Crippen molar-refractivity contribution in [3.8, 4) is 0 Å². The summed E-state index contributed by atoms with van der Waals surface area (Å²) in [6.07, 6.45) is 1.59. The van der Waals surface area contributed by atoms with E-state index in [1.54, 1.807) is 29.2 Å². The normalized spacial score (nSPS) is 19.4. The molecular formula is C21H18F2N4O4S2. The van der Waals surface area contributed by atoms with Crippen molar-refractivity contribution in [2.24, 2.45) is 4.99 Å². The van der Waals surface area contributed by atoms with Crippen LogP contribution >= 0.6 is 23.5 Å². The van der Waals surface area contributed by atoms with Gasteiger partial charge in [0.1, 0.15) is 5.25 Å². The lowest BCUT2D eigenvalue weighted by molar-refractivity contribution is -0.384. The first-order chi connectivity index (χ1) is 15.8. The average molecular weight is 493 g/mol. The number of benzene rings is 2. The molecule has 1 heterocycles. The van der Waals surface area contributed by atoms with Crippen LogP contribution in [0.1, 0.15) is 19.3 Å². The van der Waals surface area contributed by atoms with Crippen molar-refractivity contribution in [2.45, 2.75) is 41.2 Å². The summed E-state index contributed by atoms with van der Waals surface area (Å²) >= 11 is 1.63. The summed E-state index contributed by atoms with van der Waals surface area (Å²) in [6.45, 7) is 0. The predicted octanol–water partition coefficient (Wildman–Crippen LogP) is 5.03. The van der Waals surface area contributed by atoms with E-state index < -0.39 is 21.8 Å². The molecule has 2 aliphatic rings. The van der Waals surface area contributed by atoms with E-state index in [1.807, 2.05) is 0 Å². The van der Waals surface area contributed by atoms with Gasteiger partial charge in [0.15, 0.2) is 5.17 Å². The number of nitrogens with zero attached hydrogens (tertiary/aromatic N) is 3. The van der Waals surface area contributed by atoms with Crippen LogP contribution in [-0.4, -0.2) is 43.9 Å². The number of aliphatic imine (C=N–C) groups is 1. The van der Waals surface area contributed by atoms with Gasteiger partial charge < -0.3 is 5.32 Å². The number of amidine groups is 1. The monoisotopic (exact) mass is 492 g/mol. The molecule has 12 heteroatoms. The molecule has 8 nitrogen and oxygen atoms in total. The molecule has 0 spiro atoms. The third-order valence-corrected chi connectivity index (χ3v) is 6.75. The molecule has 0 unspecified atom stereocenters. The first-order valence-electron chi connectivity index (χ1n) is 9.98. The average Bonchev–Trinajstić information content (AvgIpc) is 3.55. The van der Waals surface area contributed by atoms with Crippen LogP contribution < -0.4 is 5.32 Å². The largest absolute Gasteiger partial charge is 0.326 e. The van der Waals surface area contributed by atoms with Gasteiger partial charge in [-0.3, -0.25) is 24.6 Å². The number of anilines is 1. The summed E-state index contributed by atoms with van der Waals surface area (Å²) in [4.78, 5) is 42.4. The standard InChI is InChI=1S/C21H18F2N4O4S2/c22-20(23)32-16-8-4-12(5-9-16)25-21-26(14-6-7-14)19(29)17(33-21)11-18(28)24-13-2-1-3-15(10-13)27(30)31/h1-5,8-10,14,17,20H,6-7,11H2,(H,24,28)/t17-/m1/s1. The Morgan fingerprint density at radius 3 is 2.64 bits per heavy atom. The lowest BCUT2D eigenvalue weighted by atomic mass is 10.2. The number of halogens is 2. The highest BCUT2D eigenvalue weighted by atomic mass is 32.2. The van der Waals surface area contributed by atoms with Crippen molar-refractivity contribution >= 4 is 57.6 Å². The molecule has 0 radical (unpaired) electrons. The Bertz CT molecular complexity index is 1110. The van der Waals surface area contributed by atoms with Crippen molar-refractivity contribution in [3.05, 3.63) is 58.6 Å². The van der Waals surface area contributed by atoms with Gasteiger partial charge >= 0.3 is 0 Å². The molecule has 4 rings (SSSR count). The predicted molar refractivity (Wildman–Crippen MR) is 123 cm³/mol. The lowest BCUT2D eigenvalue weighted by Gasteiger charge is -2.15. The van der Waals surface area contributed by atoms with Crippen molar-refractivity contribution in [1.29, 1.82) is 0 Å². The summed E-state index contributed by atoms with van der Waals surface area (Å²) in [5, 5.41) is 13.3. The van der Waals surface area contributed by atoms with E-state index in [-0.39, 0.29) is 29.7 Å². The summed E-state index contributed by atoms with van der Waals surface area (Å²) in [5.74, 6) is -3.16. The molecule has 2 aromatic carbocycles.